The zero-order valence-electron chi connectivity index (χ0n) is 11.6. The summed E-state index contributed by atoms with van der Waals surface area (Å²) >= 11 is 0. The molecule has 7 heteroatoms. The van der Waals surface area contributed by atoms with Crippen LogP contribution in [0.4, 0.5) is 0 Å². The van der Waals surface area contributed by atoms with E-state index in [-0.39, 0.29) is 29.7 Å². The van der Waals surface area contributed by atoms with Crippen molar-refractivity contribution >= 4 is 39.8 Å². The van der Waals surface area contributed by atoms with Gasteiger partial charge in [0.25, 0.3) is 0 Å². The first-order valence-corrected chi connectivity index (χ1v) is 8.03. The van der Waals surface area contributed by atoms with Gasteiger partial charge in [-0.3, -0.25) is 4.99 Å². The van der Waals surface area contributed by atoms with Crippen LogP contribution in [0.5, 0.6) is 0 Å². The molecule has 3 N–H and O–H groups in total. The van der Waals surface area contributed by atoms with E-state index in [0.717, 1.165) is 6.42 Å². The van der Waals surface area contributed by atoms with Crippen LogP contribution in [0.15, 0.2) is 40.2 Å². The highest BCUT2D eigenvalue weighted by Crippen LogP contribution is 2.10. The van der Waals surface area contributed by atoms with Crippen LogP contribution in [0, 0.1) is 0 Å². The van der Waals surface area contributed by atoms with Crippen molar-refractivity contribution in [1.82, 2.24) is 5.32 Å². The highest BCUT2D eigenvalue weighted by atomic mass is 127. The lowest BCUT2D eigenvalue weighted by atomic mass is 10.4. The summed E-state index contributed by atoms with van der Waals surface area (Å²) in [5, 5.41) is 2.90. The molecule has 20 heavy (non-hydrogen) atoms. The third-order valence-electron chi connectivity index (χ3n) is 2.50. The van der Waals surface area contributed by atoms with E-state index in [1.54, 1.807) is 30.3 Å². The SMILES string of the molecule is CCCN=C(N)NCCCS(=O)(=O)c1ccccc1.I. The fourth-order valence-electron chi connectivity index (χ4n) is 1.51. The smallest absolute Gasteiger partial charge is 0.188 e. The molecule has 0 fully saturated rings. The minimum atomic E-state index is -3.20. The van der Waals surface area contributed by atoms with Gasteiger partial charge in [-0.25, -0.2) is 8.42 Å². The van der Waals surface area contributed by atoms with Gasteiger partial charge in [0.05, 0.1) is 10.6 Å². The van der Waals surface area contributed by atoms with E-state index in [4.69, 9.17) is 5.73 Å². The number of nitrogens with zero attached hydrogens (tertiary/aromatic N) is 1. The molecule has 0 aliphatic carbocycles. The summed E-state index contributed by atoms with van der Waals surface area (Å²) in [4.78, 5) is 4.43. The topological polar surface area (TPSA) is 84.5 Å². The highest BCUT2D eigenvalue weighted by Gasteiger charge is 2.12. The molecular weight excluding hydrogens is 389 g/mol. The number of aliphatic imine (C=N–C) groups is 1. The van der Waals surface area contributed by atoms with Crippen molar-refractivity contribution in [3.63, 3.8) is 0 Å². The Hall–Kier alpha value is -0.830. The van der Waals surface area contributed by atoms with Gasteiger partial charge in [0, 0.05) is 13.1 Å². The summed E-state index contributed by atoms with van der Waals surface area (Å²) < 4.78 is 23.9. The molecule has 0 amide bonds. The van der Waals surface area contributed by atoms with E-state index in [2.05, 4.69) is 10.3 Å². The van der Waals surface area contributed by atoms with Crippen molar-refractivity contribution in [2.24, 2.45) is 10.7 Å². The Kier molecular flexibility index (Phi) is 9.56. The van der Waals surface area contributed by atoms with Crippen LogP contribution in [0.3, 0.4) is 0 Å². The van der Waals surface area contributed by atoms with Crippen molar-refractivity contribution in [3.8, 4) is 0 Å². The number of hydrogen-bond acceptors (Lipinski definition) is 3. The van der Waals surface area contributed by atoms with Crippen molar-refractivity contribution in [2.45, 2.75) is 24.7 Å². The quantitative estimate of drug-likeness (QED) is 0.310. The van der Waals surface area contributed by atoms with E-state index in [1.807, 2.05) is 6.92 Å². The van der Waals surface area contributed by atoms with Crippen molar-refractivity contribution in [3.05, 3.63) is 30.3 Å². The molecule has 1 rings (SSSR count). The van der Waals surface area contributed by atoms with Crippen LogP contribution in [-0.4, -0.2) is 33.2 Å². The Bertz CT molecular complexity index is 504. The number of guanidine groups is 1. The molecule has 0 bridgehead atoms. The Morgan fingerprint density at radius 2 is 1.95 bits per heavy atom. The summed E-state index contributed by atoms with van der Waals surface area (Å²) in [5.41, 5.74) is 5.61. The zero-order valence-corrected chi connectivity index (χ0v) is 14.7. The Morgan fingerprint density at radius 3 is 2.55 bits per heavy atom. The monoisotopic (exact) mass is 411 g/mol. The third kappa shape index (κ3) is 7.09. The second-order valence-electron chi connectivity index (χ2n) is 4.18. The van der Waals surface area contributed by atoms with Crippen LogP contribution in [0.2, 0.25) is 0 Å². The maximum Gasteiger partial charge on any atom is 0.188 e. The zero-order chi connectivity index (χ0) is 14.1. The molecule has 0 spiro atoms. The summed E-state index contributed by atoms with van der Waals surface area (Å²) in [6.07, 6.45) is 1.43. The van der Waals surface area contributed by atoms with E-state index in [0.29, 0.717) is 30.4 Å². The van der Waals surface area contributed by atoms with Gasteiger partial charge in [0.1, 0.15) is 0 Å². The van der Waals surface area contributed by atoms with Crippen LogP contribution < -0.4 is 11.1 Å². The first-order chi connectivity index (χ1) is 9.06. The number of nitrogens with one attached hydrogen (secondary N) is 1. The van der Waals surface area contributed by atoms with Gasteiger partial charge in [-0.1, -0.05) is 25.1 Å². The Morgan fingerprint density at radius 1 is 1.30 bits per heavy atom. The number of halogens is 1. The van der Waals surface area contributed by atoms with E-state index in [1.165, 1.54) is 0 Å². The predicted molar refractivity (Wildman–Crippen MR) is 93.3 cm³/mol. The van der Waals surface area contributed by atoms with Gasteiger partial charge >= 0.3 is 0 Å². The molecule has 0 atom stereocenters. The number of hydrogen-bond donors (Lipinski definition) is 2. The lowest BCUT2D eigenvalue weighted by molar-refractivity contribution is 0.592. The van der Waals surface area contributed by atoms with Crippen LogP contribution in [0.25, 0.3) is 0 Å². The fraction of sp³-hybridized carbons (Fsp3) is 0.462. The molecule has 0 saturated carbocycles. The van der Waals surface area contributed by atoms with E-state index >= 15 is 0 Å². The number of sulfone groups is 1. The lowest BCUT2D eigenvalue weighted by Gasteiger charge is -2.06. The molecule has 0 radical (unpaired) electrons. The van der Waals surface area contributed by atoms with Gasteiger partial charge < -0.3 is 11.1 Å². The summed E-state index contributed by atoms with van der Waals surface area (Å²) in [6, 6.07) is 8.46. The van der Waals surface area contributed by atoms with Crippen molar-refractivity contribution in [2.75, 3.05) is 18.8 Å². The second kappa shape index (κ2) is 9.98. The van der Waals surface area contributed by atoms with Gasteiger partial charge in [-0.15, -0.1) is 24.0 Å². The van der Waals surface area contributed by atoms with Gasteiger partial charge in [0.15, 0.2) is 15.8 Å². The lowest BCUT2D eigenvalue weighted by Crippen LogP contribution is -2.33. The minimum Gasteiger partial charge on any atom is -0.370 e. The number of benzene rings is 1. The molecule has 0 aliphatic heterocycles. The standard InChI is InChI=1S/C13H21N3O2S.HI/c1-2-9-15-13(14)16-10-6-11-19(17,18)12-7-4-3-5-8-12;/h3-5,7-8H,2,6,9-11H2,1H3,(H3,14,15,16);1H. The Labute approximate surface area is 138 Å². The molecule has 0 saturated heterocycles. The van der Waals surface area contributed by atoms with Gasteiger partial charge in [0.2, 0.25) is 0 Å². The minimum absolute atomic E-state index is 0. The molecular formula is C13H22IN3O2S. The number of rotatable bonds is 7. The van der Waals surface area contributed by atoms with Gasteiger partial charge in [-0.2, -0.15) is 0 Å². The maximum atomic E-state index is 12.0. The average Bonchev–Trinajstić information content (AvgIpc) is 2.42. The molecule has 0 unspecified atom stereocenters. The summed E-state index contributed by atoms with van der Waals surface area (Å²) in [6.45, 7) is 3.20. The molecule has 114 valence electrons. The molecule has 0 heterocycles. The molecule has 0 aliphatic rings. The summed E-state index contributed by atoms with van der Waals surface area (Å²) in [7, 11) is -3.20. The molecule has 1 aromatic carbocycles. The van der Waals surface area contributed by atoms with Crippen LogP contribution >= 0.6 is 24.0 Å². The normalized spacial score (nSPS) is 11.8. The highest BCUT2D eigenvalue weighted by molar-refractivity contribution is 14.0. The predicted octanol–water partition coefficient (Wildman–Crippen LogP) is 1.78. The third-order valence-corrected chi connectivity index (χ3v) is 4.32. The number of nitrogens with two attached hydrogens (primary N) is 1. The van der Waals surface area contributed by atoms with Crippen LogP contribution in [-0.2, 0) is 9.84 Å². The second-order valence-corrected chi connectivity index (χ2v) is 6.29. The van der Waals surface area contributed by atoms with E-state index in [9.17, 15) is 8.42 Å². The first kappa shape index (κ1) is 19.2. The van der Waals surface area contributed by atoms with Crippen LogP contribution in [0.1, 0.15) is 19.8 Å². The van der Waals surface area contributed by atoms with Crippen molar-refractivity contribution < 1.29 is 8.42 Å². The molecule has 5 nitrogen and oxygen atoms in total. The first-order valence-electron chi connectivity index (χ1n) is 6.38. The maximum absolute atomic E-state index is 12.0. The van der Waals surface area contributed by atoms with E-state index < -0.39 is 9.84 Å². The molecule has 0 aromatic heterocycles. The summed E-state index contributed by atoms with van der Waals surface area (Å²) in [5.74, 6) is 0.476. The average molecular weight is 411 g/mol. The van der Waals surface area contributed by atoms with Crippen molar-refractivity contribution in [1.29, 1.82) is 0 Å². The Balaban J connectivity index is 0.00000361. The molecule has 1 aromatic rings. The fourth-order valence-corrected chi connectivity index (χ4v) is 2.84. The van der Waals surface area contributed by atoms with Gasteiger partial charge in [-0.05, 0) is 25.0 Å². The largest absolute Gasteiger partial charge is 0.370 e.